The highest BCUT2D eigenvalue weighted by atomic mass is 32.2. The largest absolute Gasteiger partial charge is 0.489 e. The molecule has 0 aliphatic heterocycles. The minimum absolute atomic E-state index is 0.116. The van der Waals surface area contributed by atoms with Gasteiger partial charge in [0.25, 0.3) is 0 Å². The van der Waals surface area contributed by atoms with Crippen LogP contribution in [0.25, 0.3) is 11.4 Å². The van der Waals surface area contributed by atoms with Gasteiger partial charge in [0, 0.05) is 24.6 Å². The second-order valence-electron chi connectivity index (χ2n) is 8.20. The van der Waals surface area contributed by atoms with Crippen LogP contribution in [0.1, 0.15) is 23.9 Å². The van der Waals surface area contributed by atoms with Crippen LogP contribution in [0.2, 0.25) is 0 Å². The number of hydrogen-bond donors (Lipinski definition) is 0. The molecule has 37 heavy (non-hydrogen) atoms. The SMILES string of the molecule is CCc1cc(OCCN(C)C)c(F)c(C(=Nc2ccc(-c3noc(C)n3)cc2)C(=NC(=O)OC)SC)c1. The molecule has 0 N–H and O–H groups in total. The van der Waals surface area contributed by atoms with Gasteiger partial charge in [-0.15, -0.1) is 11.8 Å². The summed E-state index contributed by atoms with van der Waals surface area (Å²) < 4.78 is 31.4. The summed E-state index contributed by atoms with van der Waals surface area (Å²) in [5.41, 5.74) is 2.47. The summed E-state index contributed by atoms with van der Waals surface area (Å²) in [6.07, 6.45) is 1.57. The van der Waals surface area contributed by atoms with Gasteiger partial charge in [-0.25, -0.2) is 14.2 Å². The monoisotopic (exact) mass is 527 g/mol. The Morgan fingerprint density at radius 1 is 1.22 bits per heavy atom. The number of amides is 1. The number of benzene rings is 2. The molecule has 1 aromatic heterocycles. The van der Waals surface area contributed by atoms with Gasteiger partial charge in [-0.05, 0) is 68.7 Å². The number of methoxy groups -OCH3 is 1. The lowest BCUT2D eigenvalue weighted by molar-refractivity contribution is 0.183. The van der Waals surface area contributed by atoms with Crippen molar-refractivity contribution in [3.63, 3.8) is 0 Å². The molecule has 0 bridgehead atoms. The number of nitrogens with zero attached hydrogens (tertiary/aromatic N) is 5. The molecule has 0 atom stereocenters. The fourth-order valence-electron chi connectivity index (χ4n) is 3.25. The number of aromatic nitrogens is 2. The van der Waals surface area contributed by atoms with Crippen molar-refractivity contribution in [2.24, 2.45) is 9.98 Å². The number of aliphatic imine (C=N–C) groups is 2. The Kier molecular flexibility index (Phi) is 9.93. The van der Waals surface area contributed by atoms with Crippen LogP contribution in [0, 0.1) is 12.7 Å². The highest BCUT2D eigenvalue weighted by molar-refractivity contribution is 8.15. The Hall–Kier alpha value is -3.57. The molecule has 0 spiro atoms. The first-order valence-electron chi connectivity index (χ1n) is 11.6. The van der Waals surface area contributed by atoms with Crippen molar-refractivity contribution in [1.29, 1.82) is 0 Å². The lowest BCUT2D eigenvalue weighted by atomic mass is 10.0. The number of thioether (sulfide) groups is 1. The van der Waals surface area contributed by atoms with Crippen molar-refractivity contribution >= 4 is 34.3 Å². The van der Waals surface area contributed by atoms with Crippen molar-refractivity contribution in [2.75, 3.05) is 40.6 Å². The Bertz CT molecular complexity index is 1290. The van der Waals surface area contributed by atoms with Gasteiger partial charge in [-0.2, -0.15) is 9.98 Å². The lowest BCUT2D eigenvalue weighted by Crippen LogP contribution is -2.21. The minimum atomic E-state index is -0.811. The number of halogens is 1. The number of rotatable bonds is 9. The molecular formula is C26H30FN5O4S. The average Bonchev–Trinajstić information content (AvgIpc) is 3.33. The van der Waals surface area contributed by atoms with Crippen LogP contribution in [-0.4, -0.2) is 72.5 Å². The quantitative estimate of drug-likeness (QED) is 0.272. The second kappa shape index (κ2) is 13.1. The van der Waals surface area contributed by atoms with Gasteiger partial charge in [-0.3, -0.25) is 0 Å². The van der Waals surface area contributed by atoms with Gasteiger partial charge in [-0.1, -0.05) is 12.1 Å². The van der Waals surface area contributed by atoms with E-state index in [0.29, 0.717) is 37.0 Å². The summed E-state index contributed by atoms with van der Waals surface area (Å²) in [5.74, 6) is 0.440. The van der Waals surface area contributed by atoms with Gasteiger partial charge < -0.3 is 18.9 Å². The van der Waals surface area contributed by atoms with E-state index in [1.54, 1.807) is 49.6 Å². The van der Waals surface area contributed by atoms with Crippen molar-refractivity contribution in [2.45, 2.75) is 20.3 Å². The molecule has 2 aromatic carbocycles. The molecule has 0 saturated heterocycles. The van der Waals surface area contributed by atoms with Gasteiger partial charge in [0.05, 0.1) is 12.8 Å². The predicted octanol–water partition coefficient (Wildman–Crippen LogP) is 5.34. The van der Waals surface area contributed by atoms with Crippen molar-refractivity contribution in [3.05, 3.63) is 59.2 Å². The Balaban J connectivity index is 2.12. The van der Waals surface area contributed by atoms with Crippen LogP contribution in [0.15, 0.2) is 50.9 Å². The van der Waals surface area contributed by atoms with Crippen molar-refractivity contribution in [1.82, 2.24) is 15.0 Å². The van der Waals surface area contributed by atoms with Crippen LogP contribution in [-0.2, 0) is 11.2 Å². The maximum atomic E-state index is 15.8. The first-order valence-corrected chi connectivity index (χ1v) is 12.8. The topological polar surface area (TPSA) is 102 Å². The normalized spacial score (nSPS) is 12.2. The second-order valence-corrected chi connectivity index (χ2v) is 8.99. The molecular weight excluding hydrogens is 497 g/mol. The number of carbonyl (C=O) groups excluding carboxylic acids is 1. The molecule has 9 nitrogen and oxygen atoms in total. The number of likely N-dealkylation sites (N-methyl/N-ethyl adjacent to an activating group) is 1. The zero-order valence-electron chi connectivity index (χ0n) is 21.7. The standard InChI is InChI=1S/C26H30FN5O4S/c1-7-17-14-20(22(27)21(15-17)35-13-12-32(3)4)23(25(37-6)30-26(33)34-5)29-19-10-8-18(9-11-19)24-28-16(2)36-31-24/h8-11,14-15H,7,12-13H2,1-6H3. The molecule has 1 heterocycles. The van der Waals surface area contributed by atoms with Crippen LogP contribution < -0.4 is 4.74 Å². The van der Waals surface area contributed by atoms with E-state index in [9.17, 15) is 4.79 Å². The molecule has 0 aliphatic rings. The summed E-state index contributed by atoms with van der Waals surface area (Å²) in [5, 5.41) is 4.13. The van der Waals surface area contributed by atoms with Crippen LogP contribution in [0.3, 0.4) is 0 Å². The van der Waals surface area contributed by atoms with E-state index in [2.05, 4.69) is 15.1 Å². The van der Waals surface area contributed by atoms with E-state index in [1.807, 2.05) is 25.9 Å². The highest BCUT2D eigenvalue weighted by Crippen LogP contribution is 2.28. The van der Waals surface area contributed by atoms with E-state index < -0.39 is 11.9 Å². The first-order chi connectivity index (χ1) is 17.7. The smallest absolute Gasteiger partial charge is 0.434 e. The van der Waals surface area contributed by atoms with Crippen LogP contribution in [0.4, 0.5) is 14.9 Å². The highest BCUT2D eigenvalue weighted by Gasteiger charge is 2.22. The molecule has 1 amide bonds. The minimum Gasteiger partial charge on any atom is -0.489 e. The molecule has 3 aromatic rings. The van der Waals surface area contributed by atoms with Gasteiger partial charge in [0.1, 0.15) is 17.4 Å². The predicted molar refractivity (Wildman–Crippen MR) is 144 cm³/mol. The van der Waals surface area contributed by atoms with E-state index >= 15 is 4.39 Å². The van der Waals surface area contributed by atoms with E-state index in [1.165, 1.54) is 7.11 Å². The van der Waals surface area contributed by atoms with E-state index in [0.717, 1.165) is 22.9 Å². The third kappa shape index (κ3) is 7.46. The lowest BCUT2D eigenvalue weighted by Gasteiger charge is -2.16. The zero-order valence-corrected chi connectivity index (χ0v) is 22.6. The summed E-state index contributed by atoms with van der Waals surface area (Å²) in [6, 6.07) is 10.4. The first kappa shape index (κ1) is 28.0. The fourth-order valence-corrected chi connectivity index (χ4v) is 3.77. The van der Waals surface area contributed by atoms with Gasteiger partial charge in [0.2, 0.25) is 11.7 Å². The number of aryl methyl sites for hydroxylation is 2. The maximum absolute atomic E-state index is 15.8. The molecule has 11 heteroatoms. The fraction of sp³-hybridized carbons (Fsp3) is 0.346. The number of ether oxygens (including phenoxy) is 2. The maximum Gasteiger partial charge on any atom is 0.434 e. The molecule has 0 radical (unpaired) electrons. The van der Waals surface area contributed by atoms with Crippen molar-refractivity contribution in [3.8, 4) is 17.1 Å². The summed E-state index contributed by atoms with van der Waals surface area (Å²) in [6.45, 7) is 4.61. The van der Waals surface area contributed by atoms with Crippen LogP contribution >= 0.6 is 11.8 Å². The molecule has 0 unspecified atom stereocenters. The summed E-state index contributed by atoms with van der Waals surface area (Å²) in [7, 11) is 5.06. The molecule has 0 saturated carbocycles. The summed E-state index contributed by atoms with van der Waals surface area (Å²) >= 11 is 1.16. The third-order valence-corrected chi connectivity index (χ3v) is 5.89. The zero-order chi connectivity index (χ0) is 26.9. The molecule has 3 rings (SSSR count). The van der Waals surface area contributed by atoms with Gasteiger partial charge >= 0.3 is 6.09 Å². The molecule has 196 valence electrons. The molecule has 0 aliphatic carbocycles. The van der Waals surface area contributed by atoms with E-state index in [4.69, 9.17) is 19.0 Å². The Morgan fingerprint density at radius 3 is 2.51 bits per heavy atom. The average molecular weight is 528 g/mol. The van der Waals surface area contributed by atoms with Gasteiger partial charge in [0.15, 0.2) is 11.6 Å². The van der Waals surface area contributed by atoms with E-state index in [-0.39, 0.29) is 22.1 Å². The third-order valence-electron chi connectivity index (χ3n) is 5.22. The number of hydrogen-bond acceptors (Lipinski definition) is 9. The number of carbonyl (C=O) groups is 1. The molecule has 0 fully saturated rings. The Labute approximate surface area is 219 Å². The Morgan fingerprint density at radius 2 is 1.95 bits per heavy atom. The van der Waals surface area contributed by atoms with Crippen LogP contribution in [0.5, 0.6) is 5.75 Å². The van der Waals surface area contributed by atoms with Crippen molar-refractivity contribution < 1.29 is 23.2 Å². The summed E-state index contributed by atoms with van der Waals surface area (Å²) in [4.78, 5) is 26.9.